The third kappa shape index (κ3) is 4.29. The zero-order valence-electron chi connectivity index (χ0n) is 12.9. The summed E-state index contributed by atoms with van der Waals surface area (Å²) in [6.45, 7) is 5.90. The molecule has 0 unspecified atom stereocenters. The third-order valence-corrected chi connectivity index (χ3v) is 4.41. The zero-order chi connectivity index (χ0) is 16.2. The molecular weight excluding hydrogens is 300 g/mol. The van der Waals surface area contributed by atoms with Crippen LogP contribution in [0.15, 0.2) is 47.6 Å². The Kier molecular flexibility index (Phi) is 5.15. The quantitative estimate of drug-likeness (QED) is 0.888. The van der Waals surface area contributed by atoms with Gasteiger partial charge in [0.25, 0.3) is 0 Å². The second-order valence-electron chi connectivity index (χ2n) is 5.28. The van der Waals surface area contributed by atoms with Gasteiger partial charge in [-0.2, -0.15) is 0 Å². The third-order valence-electron chi connectivity index (χ3n) is 3.01. The first kappa shape index (κ1) is 16.5. The van der Waals surface area contributed by atoms with Gasteiger partial charge in [0.1, 0.15) is 5.75 Å². The Morgan fingerprint density at radius 3 is 2.64 bits per heavy atom. The molecule has 1 aromatic carbocycles. The summed E-state index contributed by atoms with van der Waals surface area (Å²) in [6.07, 6.45) is 3.33. The van der Waals surface area contributed by atoms with Crippen LogP contribution in [0, 0.1) is 6.92 Å². The normalized spacial score (nSPS) is 11.6. The molecule has 1 N–H and O–H groups in total. The van der Waals surface area contributed by atoms with Crippen LogP contribution in [0.2, 0.25) is 0 Å². The van der Waals surface area contributed by atoms with E-state index < -0.39 is 10.0 Å². The lowest BCUT2D eigenvalue weighted by molar-refractivity contribution is 0.240. The van der Waals surface area contributed by atoms with Gasteiger partial charge in [0, 0.05) is 18.9 Å². The van der Waals surface area contributed by atoms with E-state index >= 15 is 0 Å². The van der Waals surface area contributed by atoms with E-state index in [4.69, 9.17) is 4.74 Å². The van der Waals surface area contributed by atoms with Gasteiger partial charge in [-0.05, 0) is 56.2 Å². The lowest BCUT2D eigenvalue weighted by Gasteiger charge is -2.14. The zero-order valence-corrected chi connectivity index (χ0v) is 13.7. The van der Waals surface area contributed by atoms with E-state index in [1.807, 2.05) is 26.8 Å². The number of sulfonamides is 1. The highest BCUT2D eigenvalue weighted by Crippen LogP contribution is 2.22. The summed E-state index contributed by atoms with van der Waals surface area (Å²) in [5.74, 6) is 0.696. The molecule has 0 bridgehead atoms. The molecule has 118 valence electrons. The van der Waals surface area contributed by atoms with Gasteiger partial charge in [-0.1, -0.05) is 6.07 Å². The highest BCUT2D eigenvalue weighted by molar-refractivity contribution is 7.89. The molecular formula is C16H20N2O3S. The molecule has 0 aliphatic carbocycles. The van der Waals surface area contributed by atoms with Crippen molar-refractivity contribution in [2.45, 2.75) is 38.3 Å². The minimum atomic E-state index is -3.56. The number of nitrogens with one attached hydrogen (secondary N) is 1. The molecule has 1 aromatic heterocycles. The summed E-state index contributed by atoms with van der Waals surface area (Å²) in [6, 6.07) is 8.44. The molecule has 1 heterocycles. The first-order chi connectivity index (χ1) is 10.4. The van der Waals surface area contributed by atoms with Crippen LogP contribution in [-0.2, 0) is 16.6 Å². The van der Waals surface area contributed by atoms with Gasteiger partial charge in [-0.3, -0.25) is 4.98 Å². The average molecular weight is 320 g/mol. The maximum atomic E-state index is 12.3. The van der Waals surface area contributed by atoms with Crippen LogP contribution < -0.4 is 9.46 Å². The molecule has 0 aliphatic heterocycles. The standard InChI is InChI=1S/C16H20N2O3S/c1-12(2)21-16-7-6-15(9-13(16)3)22(19,20)18-11-14-5-4-8-17-10-14/h4-10,12,18H,11H2,1-3H3. The number of hydrogen-bond donors (Lipinski definition) is 1. The number of hydrogen-bond acceptors (Lipinski definition) is 4. The number of aromatic nitrogens is 1. The van der Waals surface area contributed by atoms with E-state index in [-0.39, 0.29) is 17.5 Å². The highest BCUT2D eigenvalue weighted by Gasteiger charge is 2.15. The number of ether oxygens (including phenoxy) is 1. The Hall–Kier alpha value is -1.92. The average Bonchev–Trinajstić information content (AvgIpc) is 2.48. The molecule has 0 fully saturated rings. The van der Waals surface area contributed by atoms with E-state index in [1.165, 1.54) is 0 Å². The molecule has 0 aliphatic rings. The van der Waals surface area contributed by atoms with Crippen LogP contribution in [0.3, 0.4) is 0 Å². The molecule has 0 radical (unpaired) electrons. The fourth-order valence-electron chi connectivity index (χ4n) is 1.94. The van der Waals surface area contributed by atoms with Crippen molar-refractivity contribution in [3.8, 4) is 5.75 Å². The Balaban J connectivity index is 2.14. The minimum absolute atomic E-state index is 0.0462. The lowest BCUT2D eigenvalue weighted by Crippen LogP contribution is -2.23. The monoisotopic (exact) mass is 320 g/mol. The van der Waals surface area contributed by atoms with Crippen molar-refractivity contribution < 1.29 is 13.2 Å². The largest absolute Gasteiger partial charge is 0.491 e. The number of pyridine rings is 1. The van der Waals surface area contributed by atoms with E-state index in [0.29, 0.717) is 5.75 Å². The van der Waals surface area contributed by atoms with E-state index in [9.17, 15) is 8.42 Å². The molecule has 2 rings (SSSR count). The van der Waals surface area contributed by atoms with Crippen LogP contribution >= 0.6 is 0 Å². The predicted molar refractivity (Wildman–Crippen MR) is 85.2 cm³/mol. The molecule has 0 spiro atoms. The van der Waals surface area contributed by atoms with E-state index in [1.54, 1.807) is 36.7 Å². The van der Waals surface area contributed by atoms with E-state index in [0.717, 1.165) is 11.1 Å². The SMILES string of the molecule is Cc1cc(S(=O)(=O)NCc2cccnc2)ccc1OC(C)C. The van der Waals surface area contributed by atoms with Gasteiger partial charge < -0.3 is 4.74 Å². The molecule has 0 saturated carbocycles. The Bertz CT molecular complexity index is 728. The highest BCUT2D eigenvalue weighted by atomic mass is 32.2. The number of benzene rings is 1. The molecule has 5 nitrogen and oxygen atoms in total. The fourth-order valence-corrected chi connectivity index (χ4v) is 3.04. The summed E-state index contributed by atoms with van der Waals surface area (Å²) < 4.78 is 32.8. The van der Waals surface area contributed by atoms with E-state index in [2.05, 4.69) is 9.71 Å². The smallest absolute Gasteiger partial charge is 0.240 e. The molecule has 0 saturated heterocycles. The van der Waals surface area contributed by atoms with Gasteiger partial charge in [-0.15, -0.1) is 0 Å². The van der Waals surface area contributed by atoms with Crippen molar-refractivity contribution in [3.05, 3.63) is 53.9 Å². The van der Waals surface area contributed by atoms with Crippen molar-refractivity contribution in [3.63, 3.8) is 0 Å². The molecule has 2 aromatic rings. The van der Waals surface area contributed by atoms with Gasteiger partial charge in [0.2, 0.25) is 10.0 Å². The number of aryl methyl sites for hydroxylation is 1. The maximum Gasteiger partial charge on any atom is 0.240 e. The summed E-state index contributed by atoms with van der Waals surface area (Å²) in [4.78, 5) is 4.19. The van der Waals surface area contributed by atoms with Crippen LogP contribution in [0.1, 0.15) is 25.0 Å². The predicted octanol–water partition coefficient (Wildman–Crippen LogP) is 2.66. The molecule has 22 heavy (non-hydrogen) atoms. The summed E-state index contributed by atoms with van der Waals surface area (Å²) in [5.41, 5.74) is 1.60. The van der Waals surface area contributed by atoms with Crippen molar-refractivity contribution in [1.29, 1.82) is 0 Å². The van der Waals surface area contributed by atoms with Crippen LogP contribution in [0.25, 0.3) is 0 Å². The van der Waals surface area contributed by atoms with Crippen LogP contribution in [0.5, 0.6) is 5.75 Å². The Morgan fingerprint density at radius 2 is 2.05 bits per heavy atom. The maximum absolute atomic E-state index is 12.3. The lowest BCUT2D eigenvalue weighted by atomic mass is 10.2. The summed E-state index contributed by atoms with van der Waals surface area (Å²) in [7, 11) is -3.56. The van der Waals surface area contributed by atoms with Gasteiger partial charge >= 0.3 is 0 Å². The molecule has 0 amide bonds. The summed E-state index contributed by atoms with van der Waals surface area (Å²) in [5, 5.41) is 0. The van der Waals surface area contributed by atoms with Crippen molar-refractivity contribution in [2.24, 2.45) is 0 Å². The van der Waals surface area contributed by atoms with Crippen molar-refractivity contribution in [2.75, 3.05) is 0 Å². The van der Waals surface area contributed by atoms with Gasteiger partial charge in [-0.25, -0.2) is 13.1 Å². The Labute approximate surface area is 131 Å². The van der Waals surface area contributed by atoms with Crippen molar-refractivity contribution >= 4 is 10.0 Å². The van der Waals surface area contributed by atoms with Gasteiger partial charge in [0.15, 0.2) is 0 Å². The first-order valence-corrected chi connectivity index (χ1v) is 8.52. The molecule has 0 atom stereocenters. The van der Waals surface area contributed by atoms with Crippen LogP contribution in [0.4, 0.5) is 0 Å². The summed E-state index contributed by atoms with van der Waals surface area (Å²) >= 11 is 0. The number of nitrogens with zero attached hydrogens (tertiary/aromatic N) is 1. The second-order valence-corrected chi connectivity index (χ2v) is 7.05. The fraction of sp³-hybridized carbons (Fsp3) is 0.312. The first-order valence-electron chi connectivity index (χ1n) is 7.04. The second kappa shape index (κ2) is 6.89. The van der Waals surface area contributed by atoms with Gasteiger partial charge in [0.05, 0.1) is 11.0 Å². The topological polar surface area (TPSA) is 68.3 Å². The van der Waals surface area contributed by atoms with Crippen molar-refractivity contribution in [1.82, 2.24) is 9.71 Å². The Morgan fingerprint density at radius 1 is 1.27 bits per heavy atom. The van der Waals surface area contributed by atoms with Crippen LogP contribution in [-0.4, -0.2) is 19.5 Å². The molecule has 6 heteroatoms. The minimum Gasteiger partial charge on any atom is -0.491 e. The number of rotatable bonds is 6.